The molecular weight excluding hydrogens is 543 g/mol. The van der Waals surface area contributed by atoms with Crippen LogP contribution in [0.25, 0.3) is 10.9 Å². The lowest BCUT2D eigenvalue weighted by Crippen LogP contribution is -2.48. The van der Waals surface area contributed by atoms with Gasteiger partial charge >= 0.3 is 12.4 Å². The van der Waals surface area contributed by atoms with E-state index in [0.29, 0.717) is 44.2 Å². The Balaban J connectivity index is 1.18. The molecule has 2 aromatic carbocycles. The molecule has 1 unspecified atom stereocenters. The van der Waals surface area contributed by atoms with Crippen molar-refractivity contribution >= 4 is 22.8 Å². The molecule has 1 N–H and O–H groups in total. The number of hydrogen-bond acceptors (Lipinski definition) is 7. The van der Waals surface area contributed by atoms with E-state index in [-0.39, 0.29) is 23.2 Å². The molecule has 0 bridgehead atoms. The number of hydrogen-bond donors (Lipinski definition) is 1. The molecule has 5 rings (SSSR count). The van der Waals surface area contributed by atoms with Gasteiger partial charge in [0.05, 0.1) is 17.9 Å². The molecular formula is C28H26F3N5O5. The van der Waals surface area contributed by atoms with E-state index in [1.165, 1.54) is 18.3 Å². The second kappa shape index (κ2) is 11.8. The van der Waals surface area contributed by atoms with Crippen molar-refractivity contribution in [2.45, 2.75) is 19.3 Å². The van der Waals surface area contributed by atoms with Gasteiger partial charge in [0, 0.05) is 51.2 Å². The highest BCUT2D eigenvalue weighted by Crippen LogP contribution is 2.27. The van der Waals surface area contributed by atoms with E-state index in [9.17, 15) is 22.8 Å². The molecule has 0 spiro atoms. The van der Waals surface area contributed by atoms with Crippen LogP contribution in [0, 0.1) is 0 Å². The van der Waals surface area contributed by atoms with Gasteiger partial charge in [0.1, 0.15) is 17.2 Å². The molecule has 1 aliphatic rings. The summed E-state index contributed by atoms with van der Waals surface area (Å²) in [6, 6.07) is 13.5. The Hall–Kier alpha value is -4.65. The summed E-state index contributed by atoms with van der Waals surface area (Å²) >= 11 is 0. The minimum atomic E-state index is -3.21. The zero-order valence-corrected chi connectivity index (χ0v) is 21.9. The van der Waals surface area contributed by atoms with Crippen molar-refractivity contribution in [1.82, 2.24) is 24.3 Å². The number of carboxylic acids is 1. The van der Waals surface area contributed by atoms with Crippen molar-refractivity contribution < 1.29 is 37.3 Å². The van der Waals surface area contributed by atoms with Gasteiger partial charge in [-0.15, -0.1) is 0 Å². The molecule has 41 heavy (non-hydrogen) atoms. The number of carbonyl (C=O) groups is 2. The quantitative estimate of drug-likeness (QED) is 0.317. The van der Waals surface area contributed by atoms with Crippen LogP contribution in [0.4, 0.5) is 13.2 Å². The molecule has 1 saturated heterocycles. The number of benzene rings is 2. The predicted molar refractivity (Wildman–Crippen MR) is 141 cm³/mol. The second-order valence-electron chi connectivity index (χ2n) is 9.47. The number of carboxylic acid groups (broad SMARTS) is 1. The first-order chi connectivity index (χ1) is 19.7. The van der Waals surface area contributed by atoms with Crippen molar-refractivity contribution in [2.75, 3.05) is 26.2 Å². The number of halogens is 3. The number of aromatic carboxylic acids is 1. The van der Waals surface area contributed by atoms with Gasteiger partial charge in [0.15, 0.2) is 5.69 Å². The van der Waals surface area contributed by atoms with Gasteiger partial charge < -0.3 is 24.0 Å². The average molecular weight is 570 g/mol. The van der Waals surface area contributed by atoms with Gasteiger partial charge in [0.2, 0.25) is 5.88 Å². The number of nitrogens with zero attached hydrogens (tertiary/aromatic N) is 5. The summed E-state index contributed by atoms with van der Waals surface area (Å²) in [5.41, 5.74) is 2.03. The molecule has 0 aliphatic carbocycles. The molecule has 10 nitrogen and oxygen atoms in total. The standard InChI is InChI=1S/C28H26F3N5O5/c1-34-22-13-20(40-24-15-32-21(14-33-24)28(38)39)7-4-18(22)12-23(34)27(37)36-10-8-35(9-11-36)16-17-2-5-19(6-3-17)41-26(31)25(29)30/h2-7,12-15,25-26H,8-11,16H2,1H3,(H,38,39). The molecule has 2 aromatic heterocycles. The Labute approximate surface area is 232 Å². The number of ether oxygens (including phenoxy) is 2. The molecule has 1 fully saturated rings. The number of alkyl halides is 3. The lowest BCUT2D eigenvalue weighted by Gasteiger charge is -2.34. The van der Waals surface area contributed by atoms with Crippen LogP contribution in [-0.4, -0.2) is 80.3 Å². The van der Waals surface area contributed by atoms with E-state index < -0.39 is 18.8 Å². The summed E-state index contributed by atoms with van der Waals surface area (Å²) in [5.74, 6) is -0.641. The van der Waals surface area contributed by atoms with Crippen molar-refractivity contribution in [3.8, 4) is 17.4 Å². The summed E-state index contributed by atoms with van der Waals surface area (Å²) in [7, 11) is 1.80. The summed E-state index contributed by atoms with van der Waals surface area (Å²) in [6.07, 6.45) is -3.53. The number of aryl methyl sites for hydroxylation is 1. The molecule has 1 atom stereocenters. The van der Waals surface area contributed by atoms with Gasteiger partial charge in [-0.25, -0.2) is 23.5 Å². The number of rotatable bonds is 9. The first kappa shape index (κ1) is 27.9. The second-order valence-corrected chi connectivity index (χ2v) is 9.47. The fourth-order valence-corrected chi connectivity index (χ4v) is 4.56. The van der Waals surface area contributed by atoms with E-state index in [4.69, 9.17) is 9.84 Å². The van der Waals surface area contributed by atoms with Gasteiger partial charge in [-0.1, -0.05) is 12.1 Å². The lowest BCUT2D eigenvalue weighted by atomic mass is 10.2. The van der Waals surface area contributed by atoms with Crippen LogP contribution in [-0.2, 0) is 13.6 Å². The number of carbonyl (C=O) groups excluding carboxylic acids is 1. The zero-order valence-electron chi connectivity index (χ0n) is 21.9. The average Bonchev–Trinajstić information content (AvgIpc) is 3.30. The summed E-state index contributed by atoms with van der Waals surface area (Å²) in [4.78, 5) is 36.1. The number of piperazine rings is 1. The molecule has 4 aromatic rings. The van der Waals surface area contributed by atoms with Crippen molar-refractivity contribution in [3.63, 3.8) is 0 Å². The molecule has 3 heterocycles. The fourth-order valence-electron chi connectivity index (χ4n) is 4.56. The highest BCUT2D eigenvalue weighted by molar-refractivity contribution is 5.99. The van der Waals surface area contributed by atoms with Gasteiger partial charge in [-0.05, 0) is 35.9 Å². The monoisotopic (exact) mass is 569 g/mol. The van der Waals surface area contributed by atoms with Crippen LogP contribution in [0.2, 0.25) is 0 Å². The van der Waals surface area contributed by atoms with Crippen molar-refractivity contribution in [3.05, 3.63) is 77.9 Å². The number of aromatic nitrogens is 3. The molecule has 214 valence electrons. The van der Waals surface area contributed by atoms with Crippen LogP contribution < -0.4 is 9.47 Å². The van der Waals surface area contributed by atoms with Gasteiger partial charge in [-0.3, -0.25) is 9.69 Å². The fraction of sp³-hybridized carbons (Fsp3) is 0.286. The van der Waals surface area contributed by atoms with Crippen molar-refractivity contribution in [1.29, 1.82) is 0 Å². The molecule has 0 radical (unpaired) electrons. The molecule has 1 amide bonds. The Kier molecular flexibility index (Phi) is 8.06. The Morgan fingerprint density at radius 3 is 2.29 bits per heavy atom. The smallest absolute Gasteiger partial charge is 0.356 e. The summed E-state index contributed by atoms with van der Waals surface area (Å²) in [6.45, 7) is 2.94. The zero-order chi connectivity index (χ0) is 29.1. The number of fused-ring (bicyclic) bond motifs is 1. The molecule has 13 heteroatoms. The van der Waals surface area contributed by atoms with E-state index >= 15 is 0 Å². The Bertz CT molecular complexity index is 1540. The Morgan fingerprint density at radius 2 is 1.66 bits per heavy atom. The van der Waals surface area contributed by atoms with E-state index in [0.717, 1.165) is 22.7 Å². The lowest BCUT2D eigenvalue weighted by molar-refractivity contribution is -0.0669. The molecule has 0 saturated carbocycles. The normalized spacial score (nSPS) is 14.8. The minimum absolute atomic E-state index is 0.0358. The SMILES string of the molecule is Cn1c(C(=O)N2CCN(Cc3ccc(OC(F)C(F)F)cc3)CC2)cc2ccc(Oc3cnc(C(=O)O)cn3)cc21. The third-order valence-corrected chi connectivity index (χ3v) is 6.74. The highest BCUT2D eigenvalue weighted by Gasteiger charge is 2.25. The van der Waals surface area contributed by atoms with Crippen LogP contribution in [0.3, 0.4) is 0 Å². The highest BCUT2D eigenvalue weighted by atomic mass is 19.3. The largest absolute Gasteiger partial charge is 0.476 e. The summed E-state index contributed by atoms with van der Waals surface area (Å²) < 4.78 is 49.8. The van der Waals surface area contributed by atoms with E-state index in [1.807, 2.05) is 12.1 Å². The van der Waals surface area contributed by atoms with Gasteiger partial charge in [-0.2, -0.15) is 4.39 Å². The Morgan fingerprint density at radius 1 is 0.951 bits per heavy atom. The topological polar surface area (TPSA) is 110 Å². The minimum Gasteiger partial charge on any atom is -0.476 e. The van der Waals surface area contributed by atoms with Crippen LogP contribution in [0.5, 0.6) is 17.4 Å². The maximum Gasteiger partial charge on any atom is 0.356 e. The maximum atomic E-state index is 13.4. The third kappa shape index (κ3) is 6.40. The number of amides is 1. The van der Waals surface area contributed by atoms with Crippen LogP contribution >= 0.6 is 0 Å². The van der Waals surface area contributed by atoms with Gasteiger partial charge in [0.25, 0.3) is 12.3 Å². The van der Waals surface area contributed by atoms with Crippen LogP contribution in [0.15, 0.2) is 60.9 Å². The summed E-state index contributed by atoms with van der Waals surface area (Å²) in [5, 5.41) is 9.82. The van der Waals surface area contributed by atoms with Crippen LogP contribution in [0.1, 0.15) is 26.5 Å². The maximum absolute atomic E-state index is 13.4. The third-order valence-electron chi connectivity index (χ3n) is 6.74. The van der Waals surface area contributed by atoms with E-state index in [2.05, 4.69) is 19.6 Å². The van der Waals surface area contributed by atoms with Crippen molar-refractivity contribution in [2.24, 2.45) is 7.05 Å². The van der Waals surface area contributed by atoms with E-state index in [1.54, 1.807) is 40.8 Å². The molecule has 1 aliphatic heterocycles. The first-order valence-electron chi connectivity index (χ1n) is 12.7. The predicted octanol–water partition coefficient (Wildman–Crippen LogP) is 4.36. The first-order valence-corrected chi connectivity index (χ1v) is 12.7.